The average Bonchev–Trinajstić information content (AvgIpc) is 2.99. The molecule has 3 rings (SSSR count). The molecule has 1 amide bonds. The lowest BCUT2D eigenvalue weighted by Crippen LogP contribution is -2.34. The van der Waals surface area contributed by atoms with E-state index < -0.39 is 17.9 Å². The first-order valence-corrected chi connectivity index (χ1v) is 15.0. The second kappa shape index (κ2) is 18.3. The first-order valence-electron chi connectivity index (χ1n) is 15.0. The van der Waals surface area contributed by atoms with E-state index in [1.165, 1.54) is 11.8 Å². The topological polar surface area (TPSA) is 74.0 Å². The monoisotopic (exact) mass is 601 g/mol. The summed E-state index contributed by atoms with van der Waals surface area (Å²) in [6.45, 7) is 16.7. The lowest BCUT2D eigenvalue weighted by Gasteiger charge is -2.32. The summed E-state index contributed by atoms with van der Waals surface area (Å²) in [5.74, 6) is 0.440. The molecule has 2 aliphatic rings. The molecular weight excluding hydrogens is 551 g/mol. The lowest BCUT2D eigenvalue weighted by atomic mass is 9.88. The first kappa shape index (κ1) is 37.6. The lowest BCUT2D eigenvalue weighted by molar-refractivity contribution is -0.0954. The van der Waals surface area contributed by atoms with Crippen molar-refractivity contribution in [2.24, 2.45) is 10.7 Å². The number of benzene rings is 1. The Bertz CT molecular complexity index is 1200. The van der Waals surface area contributed by atoms with Crippen LogP contribution < -0.4 is 11.1 Å². The highest BCUT2D eigenvalue weighted by atomic mass is 19.4. The second-order valence-corrected chi connectivity index (χ2v) is 10.2. The predicted octanol–water partition coefficient (Wildman–Crippen LogP) is 7.01. The van der Waals surface area contributed by atoms with Crippen molar-refractivity contribution in [2.45, 2.75) is 65.7 Å². The molecule has 1 unspecified atom stereocenters. The third-order valence-corrected chi connectivity index (χ3v) is 6.92. The van der Waals surface area contributed by atoms with E-state index in [4.69, 9.17) is 5.73 Å². The molecule has 1 aromatic carbocycles. The van der Waals surface area contributed by atoms with E-state index in [1.54, 1.807) is 38.3 Å². The van der Waals surface area contributed by atoms with E-state index in [0.29, 0.717) is 28.2 Å². The number of hydrogen-bond donors (Lipinski definition) is 2. The number of halogens is 3. The summed E-state index contributed by atoms with van der Waals surface area (Å²) in [6.07, 6.45) is 3.70. The standard InChI is InChI=1S/C30H38F3N5O.2C2H6/c1-20(16-21(2)26(10-13-35-3)25-17-27(30(31,32)33)28(34)36-18-25)19-38-14-11-23(12-15-38)22-6-8-24(9-7-22)29(39)37(4)5;2*1-2/h6-10,13,16-18,23,28,35H,2,11-12,14-15,19,34H2,1,3-5H3;2*1-2H3/b13-10-,20-16+,26-25+;;. The van der Waals surface area contributed by atoms with Crippen LogP contribution in [0.3, 0.4) is 0 Å². The summed E-state index contributed by atoms with van der Waals surface area (Å²) in [4.78, 5) is 19.9. The molecule has 0 aromatic heterocycles. The molecule has 0 radical (unpaired) electrons. The van der Waals surface area contributed by atoms with Gasteiger partial charge in [0.15, 0.2) is 0 Å². The SMILES string of the molecule is C=C(/C=C(\C)CN1CCC(c2ccc(C(=O)N(C)C)cc2)CC1)C(/C=C\NC)=C1/C=NC(N)C(C(F)(F)F)=C1.CC.CC. The number of carbonyl (C=O) groups excluding carboxylic acids is 1. The Morgan fingerprint density at radius 1 is 1.14 bits per heavy atom. The first-order chi connectivity index (χ1) is 20.4. The fourth-order valence-corrected chi connectivity index (χ4v) is 4.84. The molecule has 3 N–H and O–H groups in total. The average molecular weight is 602 g/mol. The summed E-state index contributed by atoms with van der Waals surface area (Å²) < 4.78 is 40.3. The number of aliphatic imine (C=N–C) groups is 1. The van der Waals surface area contributed by atoms with Gasteiger partial charge in [0.05, 0.1) is 5.57 Å². The normalized spacial score (nSPS) is 19.0. The Morgan fingerprint density at radius 3 is 2.23 bits per heavy atom. The number of nitrogens with zero attached hydrogens (tertiary/aromatic N) is 3. The van der Waals surface area contributed by atoms with Crippen LogP contribution in [0.2, 0.25) is 0 Å². The van der Waals surface area contributed by atoms with Crippen molar-refractivity contribution >= 4 is 12.1 Å². The maximum atomic E-state index is 13.4. The van der Waals surface area contributed by atoms with Gasteiger partial charge < -0.3 is 16.0 Å². The Kier molecular flexibility index (Phi) is 16.0. The summed E-state index contributed by atoms with van der Waals surface area (Å²) in [6, 6.07) is 7.91. The van der Waals surface area contributed by atoms with Crippen molar-refractivity contribution in [1.29, 1.82) is 0 Å². The summed E-state index contributed by atoms with van der Waals surface area (Å²) in [5, 5.41) is 2.88. The highest BCUT2D eigenvalue weighted by Gasteiger charge is 2.38. The zero-order chi connectivity index (χ0) is 32.7. The van der Waals surface area contributed by atoms with Crippen molar-refractivity contribution in [1.82, 2.24) is 15.1 Å². The van der Waals surface area contributed by atoms with Crippen molar-refractivity contribution in [3.8, 4) is 0 Å². The summed E-state index contributed by atoms with van der Waals surface area (Å²) >= 11 is 0. The molecule has 0 bridgehead atoms. The molecular formula is C34H50F3N5O. The maximum absolute atomic E-state index is 13.4. The second-order valence-electron chi connectivity index (χ2n) is 10.2. The molecule has 1 saturated heterocycles. The molecule has 2 heterocycles. The van der Waals surface area contributed by atoms with Crippen LogP contribution in [0.1, 0.15) is 69.3 Å². The molecule has 9 heteroatoms. The van der Waals surface area contributed by atoms with Gasteiger partial charge in [-0.1, -0.05) is 58.1 Å². The molecule has 43 heavy (non-hydrogen) atoms. The maximum Gasteiger partial charge on any atom is 0.416 e. The van der Waals surface area contributed by atoms with Gasteiger partial charge in [-0.25, -0.2) is 0 Å². The van der Waals surface area contributed by atoms with Gasteiger partial charge in [-0.2, -0.15) is 13.2 Å². The number of amides is 1. The van der Waals surface area contributed by atoms with E-state index in [1.807, 2.05) is 52.8 Å². The molecule has 0 spiro atoms. The van der Waals surface area contributed by atoms with Crippen LogP contribution in [-0.2, 0) is 0 Å². The Morgan fingerprint density at radius 2 is 1.72 bits per heavy atom. The van der Waals surface area contributed by atoms with Crippen LogP contribution >= 0.6 is 0 Å². The molecule has 1 fully saturated rings. The molecule has 1 aromatic rings. The van der Waals surface area contributed by atoms with E-state index in [2.05, 4.69) is 33.9 Å². The predicted molar refractivity (Wildman–Crippen MR) is 174 cm³/mol. The largest absolute Gasteiger partial charge is 0.416 e. The minimum atomic E-state index is -4.56. The van der Waals surface area contributed by atoms with Gasteiger partial charge in [-0.15, -0.1) is 0 Å². The van der Waals surface area contributed by atoms with E-state index in [0.717, 1.165) is 44.1 Å². The van der Waals surface area contributed by atoms with Crippen molar-refractivity contribution in [2.75, 3.05) is 40.8 Å². The van der Waals surface area contributed by atoms with E-state index in [9.17, 15) is 18.0 Å². The van der Waals surface area contributed by atoms with Crippen molar-refractivity contribution in [3.63, 3.8) is 0 Å². The van der Waals surface area contributed by atoms with Gasteiger partial charge in [0.2, 0.25) is 0 Å². The fourth-order valence-electron chi connectivity index (χ4n) is 4.84. The van der Waals surface area contributed by atoms with Crippen molar-refractivity contribution < 1.29 is 18.0 Å². The molecule has 0 aliphatic carbocycles. The summed E-state index contributed by atoms with van der Waals surface area (Å²) in [5.41, 5.74) is 9.12. The third kappa shape index (κ3) is 11.3. The fraction of sp³-hybridized carbons (Fsp3) is 0.471. The van der Waals surface area contributed by atoms with E-state index in [-0.39, 0.29) is 5.91 Å². The molecule has 238 valence electrons. The van der Waals surface area contributed by atoms with Gasteiger partial charge >= 0.3 is 6.18 Å². The van der Waals surface area contributed by atoms with Crippen LogP contribution in [-0.4, -0.2) is 75.0 Å². The van der Waals surface area contributed by atoms with Gasteiger partial charge in [-0.05, 0) is 86.0 Å². The number of hydrogen-bond acceptors (Lipinski definition) is 5. The Labute approximate surface area is 256 Å². The van der Waals surface area contributed by atoms with Gasteiger partial charge in [-0.3, -0.25) is 14.7 Å². The number of rotatable bonds is 8. The number of allylic oxidation sites excluding steroid dienone is 6. The number of likely N-dealkylation sites (tertiary alicyclic amines) is 1. The zero-order valence-electron chi connectivity index (χ0n) is 27.1. The van der Waals surface area contributed by atoms with Gasteiger partial charge in [0.1, 0.15) is 6.17 Å². The number of nitrogens with two attached hydrogens (primary N) is 1. The highest BCUT2D eigenvalue weighted by molar-refractivity contribution is 5.93. The van der Waals surface area contributed by atoms with Crippen LogP contribution in [0.5, 0.6) is 0 Å². The summed E-state index contributed by atoms with van der Waals surface area (Å²) in [7, 11) is 5.20. The molecule has 6 nitrogen and oxygen atoms in total. The number of dihydropyridines is 1. The van der Waals surface area contributed by atoms with Gasteiger partial charge in [0, 0.05) is 45.0 Å². The minimum absolute atomic E-state index is 0.00312. The molecule has 1 atom stereocenters. The van der Waals surface area contributed by atoms with E-state index >= 15 is 0 Å². The zero-order valence-corrected chi connectivity index (χ0v) is 27.1. The van der Waals surface area contributed by atoms with Crippen LogP contribution in [0, 0.1) is 0 Å². The molecule has 0 saturated carbocycles. The van der Waals surface area contributed by atoms with Crippen LogP contribution in [0.15, 0.2) is 88.1 Å². The Hall–Kier alpha value is -3.43. The van der Waals surface area contributed by atoms with Gasteiger partial charge in [0.25, 0.3) is 5.91 Å². The Balaban J connectivity index is 0.00000221. The van der Waals surface area contributed by atoms with Crippen LogP contribution in [0.4, 0.5) is 13.2 Å². The van der Waals surface area contributed by atoms with Crippen molar-refractivity contribution in [3.05, 3.63) is 94.3 Å². The third-order valence-electron chi connectivity index (χ3n) is 6.92. The minimum Gasteiger partial charge on any atom is -0.394 e. The smallest absolute Gasteiger partial charge is 0.394 e. The number of alkyl halides is 3. The van der Waals surface area contributed by atoms with Crippen LogP contribution in [0.25, 0.3) is 0 Å². The highest BCUT2D eigenvalue weighted by Crippen LogP contribution is 2.33. The number of carbonyl (C=O) groups is 1. The number of piperidine rings is 1. The quantitative estimate of drug-likeness (QED) is 0.315. The number of nitrogens with one attached hydrogen (secondary N) is 1. The molecule has 2 aliphatic heterocycles.